The predicted molar refractivity (Wildman–Crippen MR) is 68.2 cm³/mol. The lowest BCUT2D eigenvalue weighted by atomic mass is 9.91. The average Bonchev–Trinajstić information content (AvgIpc) is 2.40. The van der Waals surface area contributed by atoms with Crippen LogP contribution in [-0.2, 0) is 4.79 Å². The van der Waals surface area contributed by atoms with Gasteiger partial charge in [0.1, 0.15) is 5.70 Å². The van der Waals surface area contributed by atoms with Crippen LogP contribution in [-0.4, -0.2) is 22.7 Å². The molecular formula is C14H15NO3. The van der Waals surface area contributed by atoms with Gasteiger partial charge in [0.15, 0.2) is 5.76 Å². The Bertz CT molecular complexity index is 546. The number of aliphatic hydroxyl groups is 1. The number of aliphatic hydroxyl groups excluding tert-OH is 1. The van der Waals surface area contributed by atoms with Crippen LogP contribution in [0.25, 0.3) is 5.76 Å². The summed E-state index contributed by atoms with van der Waals surface area (Å²) in [5, 5.41) is 13.0. The largest absolute Gasteiger partial charge is 0.505 e. The molecule has 1 aliphatic rings. The molecule has 4 heteroatoms. The standard InChI is InChI=1S/C14H15NO3/c1-3-8(2)15-11-12(16)9-6-4-5-7-10(9)13(17)14(11)18/h4-8,15-16H,3H2,1-2H3. The number of rotatable bonds is 3. The molecule has 0 spiro atoms. The first-order chi connectivity index (χ1) is 8.56. The molecular weight excluding hydrogens is 230 g/mol. The molecule has 4 nitrogen and oxygen atoms in total. The molecule has 0 radical (unpaired) electrons. The quantitative estimate of drug-likeness (QED) is 0.800. The number of benzene rings is 1. The summed E-state index contributed by atoms with van der Waals surface area (Å²) < 4.78 is 0. The first-order valence-electron chi connectivity index (χ1n) is 5.94. The lowest BCUT2D eigenvalue weighted by molar-refractivity contribution is -0.112. The third-order valence-electron chi connectivity index (χ3n) is 3.10. The van der Waals surface area contributed by atoms with Gasteiger partial charge < -0.3 is 10.4 Å². The highest BCUT2D eigenvalue weighted by Gasteiger charge is 2.33. The fourth-order valence-corrected chi connectivity index (χ4v) is 1.85. The maximum Gasteiger partial charge on any atom is 0.253 e. The van der Waals surface area contributed by atoms with E-state index in [1.165, 1.54) is 0 Å². The van der Waals surface area contributed by atoms with Gasteiger partial charge in [0.05, 0.1) is 0 Å². The van der Waals surface area contributed by atoms with Gasteiger partial charge in [-0.05, 0) is 13.3 Å². The molecule has 2 rings (SSSR count). The minimum absolute atomic E-state index is 0.00745. The van der Waals surface area contributed by atoms with E-state index in [2.05, 4.69) is 5.32 Å². The molecule has 0 saturated carbocycles. The van der Waals surface area contributed by atoms with Crippen LogP contribution in [0.3, 0.4) is 0 Å². The number of hydrogen-bond acceptors (Lipinski definition) is 4. The average molecular weight is 245 g/mol. The van der Waals surface area contributed by atoms with E-state index in [4.69, 9.17) is 0 Å². The Morgan fingerprint density at radius 1 is 1.17 bits per heavy atom. The molecule has 0 saturated heterocycles. The second kappa shape index (κ2) is 4.64. The van der Waals surface area contributed by atoms with E-state index in [1.807, 2.05) is 13.8 Å². The zero-order chi connectivity index (χ0) is 13.3. The summed E-state index contributed by atoms with van der Waals surface area (Å²) >= 11 is 0. The van der Waals surface area contributed by atoms with Crippen LogP contribution in [0.5, 0.6) is 0 Å². The van der Waals surface area contributed by atoms with Crippen molar-refractivity contribution in [3.05, 3.63) is 41.1 Å². The minimum atomic E-state index is -0.675. The molecule has 1 aliphatic carbocycles. The third-order valence-corrected chi connectivity index (χ3v) is 3.10. The topological polar surface area (TPSA) is 66.4 Å². The Morgan fingerprint density at radius 2 is 1.78 bits per heavy atom. The van der Waals surface area contributed by atoms with Crippen LogP contribution in [0.4, 0.5) is 0 Å². The Kier molecular flexibility index (Phi) is 3.19. The fourth-order valence-electron chi connectivity index (χ4n) is 1.85. The van der Waals surface area contributed by atoms with Crippen LogP contribution < -0.4 is 5.32 Å². The van der Waals surface area contributed by atoms with Crippen LogP contribution in [0.2, 0.25) is 0 Å². The second-order valence-electron chi connectivity index (χ2n) is 4.38. The second-order valence-corrected chi connectivity index (χ2v) is 4.38. The van der Waals surface area contributed by atoms with Gasteiger partial charge in [0, 0.05) is 17.2 Å². The van der Waals surface area contributed by atoms with E-state index in [9.17, 15) is 14.7 Å². The summed E-state index contributed by atoms with van der Waals surface area (Å²) in [4.78, 5) is 23.8. The number of ketones is 2. The van der Waals surface area contributed by atoms with Gasteiger partial charge in [-0.1, -0.05) is 31.2 Å². The van der Waals surface area contributed by atoms with Gasteiger partial charge in [-0.15, -0.1) is 0 Å². The Hall–Kier alpha value is -2.10. The number of hydrogen-bond donors (Lipinski definition) is 2. The summed E-state index contributed by atoms with van der Waals surface area (Å²) in [5.74, 6) is -1.39. The van der Waals surface area contributed by atoms with Crippen molar-refractivity contribution >= 4 is 17.3 Å². The highest BCUT2D eigenvalue weighted by molar-refractivity contribution is 6.52. The molecule has 2 N–H and O–H groups in total. The van der Waals surface area contributed by atoms with E-state index in [0.717, 1.165) is 6.42 Å². The number of fused-ring (bicyclic) bond motifs is 1. The highest BCUT2D eigenvalue weighted by Crippen LogP contribution is 2.26. The highest BCUT2D eigenvalue weighted by atomic mass is 16.3. The van der Waals surface area contributed by atoms with Crippen molar-refractivity contribution in [2.75, 3.05) is 0 Å². The van der Waals surface area contributed by atoms with E-state index < -0.39 is 11.6 Å². The number of Topliss-reactive ketones (excluding diaryl/α,β-unsaturated/α-hetero) is 2. The van der Waals surface area contributed by atoms with Gasteiger partial charge in [-0.3, -0.25) is 9.59 Å². The number of carbonyl (C=O) groups excluding carboxylic acids is 2. The van der Waals surface area contributed by atoms with Crippen molar-refractivity contribution in [2.45, 2.75) is 26.3 Å². The smallest absolute Gasteiger partial charge is 0.253 e. The van der Waals surface area contributed by atoms with Gasteiger partial charge >= 0.3 is 0 Å². The summed E-state index contributed by atoms with van der Waals surface area (Å²) in [6.45, 7) is 3.84. The van der Waals surface area contributed by atoms with E-state index in [0.29, 0.717) is 5.56 Å². The third kappa shape index (κ3) is 1.90. The van der Waals surface area contributed by atoms with E-state index in [-0.39, 0.29) is 23.1 Å². The van der Waals surface area contributed by atoms with E-state index in [1.54, 1.807) is 24.3 Å². The first-order valence-corrected chi connectivity index (χ1v) is 5.94. The molecule has 0 aliphatic heterocycles. The summed E-state index contributed by atoms with van der Waals surface area (Å²) in [5.41, 5.74) is 0.677. The van der Waals surface area contributed by atoms with Crippen LogP contribution in [0, 0.1) is 0 Å². The van der Waals surface area contributed by atoms with E-state index >= 15 is 0 Å². The molecule has 1 aromatic carbocycles. The van der Waals surface area contributed by atoms with Crippen molar-refractivity contribution in [3.63, 3.8) is 0 Å². The zero-order valence-electron chi connectivity index (χ0n) is 10.4. The maximum atomic E-state index is 11.9. The van der Waals surface area contributed by atoms with Gasteiger partial charge in [0.25, 0.3) is 5.78 Å². The van der Waals surface area contributed by atoms with Gasteiger partial charge in [0.2, 0.25) is 5.78 Å². The lowest BCUT2D eigenvalue weighted by Crippen LogP contribution is -2.36. The lowest BCUT2D eigenvalue weighted by Gasteiger charge is -2.21. The molecule has 1 unspecified atom stereocenters. The molecule has 1 atom stereocenters. The Labute approximate surface area is 105 Å². The molecule has 18 heavy (non-hydrogen) atoms. The monoisotopic (exact) mass is 245 g/mol. The maximum absolute atomic E-state index is 11.9. The van der Waals surface area contributed by atoms with Crippen LogP contribution in [0.1, 0.15) is 36.2 Å². The molecule has 0 amide bonds. The van der Waals surface area contributed by atoms with Gasteiger partial charge in [-0.2, -0.15) is 0 Å². The summed E-state index contributed by atoms with van der Waals surface area (Å²) in [6, 6.07) is 6.59. The molecule has 0 heterocycles. The Morgan fingerprint density at radius 3 is 2.39 bits per heavy atom. The molecule has 0 bridgehead atoms. The van der Waals surface area contributed by atoms with Crippen molar-refractivity contribution < 1.29 is 14.7 Å². The summed E-state index contributed by atoms with van der Waals surface area (Å²) in [6.07, 6.45) is 0.792. The Balaban J connectivity index is 2.52. The SMILES string of the molecule is CCC(C)NC1=C(O)c2ccccc2C(=O)C1=O. The summed E-state index contributed by atoms with van der Waals surface area (Å²) in [7, 11) is 0. The molecule has 0 aromatic heterocycles. The fraction of sp³-hybridized carbons (Fsp3) is 0.286. The van der Waals surface area contributed by atoms with Crippen LogP contribution in [0.15, 0.2) is 30.0 Å². The van der Waals surface area contributed by atoms with Gasteiger partial charge in [-0.25, -0.2) is 0 Å². The normalized spacial score (nSPS) is 16.6. The molecule has 0 fully saturated rings. The number of carbonyl (C=O) groups is 2. The van der Waals surface area contributed by atoms with Crippen molar-refractivity contribution in [1.82, 2.24) is 5.32 Å². The van der Waals surface area contributed by atoms with Crippen molar-refractivity contribution in [3.8, 4) is 0 Å². The number of nitrogens with one attached hydrogen (secondary N) is 1. The first kappa shape index (κ1) is 12.4. The van der Waals surface area contributed by atoms with Crippen LogP contribution >= 0.6 is 0 Å². The zero-order valence-corrected chi connectivity index (χ0v) is 10.4. The number of allylic oxidation sites excluding steroid dienone is 1. The molecule has 94 valence electrons. The molecule has 1 aromatic rings. The van der Waals surface area contributed by atoms with Crippen molar-refractivity contribution in [2.24, 2.45) is 0 Å². The minimum Gasteiger partial charge on any atom is -0.505 e. The predicted octanol–water partition coefficient (Wildman–Crippen LogP) is 2.07. The van der Waals surface area contributed by atoms with Crippen molar-refractivity contribution in [1.29, 1.82) is 0 Å².